The highest BCUT2D eigenvalue weighted by atomic mass is 14.9. The third-order valence-corrected chi connectivity index (χ3v) is 4.10. The molecule has 0 amide bonds. The lowest BCUT2D eigenvalue weighted by Gasteiger charge is -2.17. The van der Waals surface area contributed by atoms with Crippen LogP contribution in [0.4, 0.5) is 5.69 Å². The monoisotopic (exact) mass is 218 g/mol. The van der Waals surface area contributed by atoms with Gasteiger partial charge in [0.15, 0.2) is 0 Å². The van der Waals surface area contributed by atoms with Crippen LogP contribution in [0.1, 0.15) is 29.5 Å². The SMILES string of the molecule is Cc1ccc(NCC2(CN)CC2)c(C)c1C. The molecule has 1 fully saturated rings. The summed E-state index contributed by atoms with van der Waals surface area (Å²) in [6.45, 7) is 8.36. The molecule has 0 spiro atoms. The topological polar surface area (TPSA) is 38.0 Å². The maximum Gasteiger partial charge on any atom is 0.0372 e. The molecule has 88 valence electrons. The second kappa shape index (κ2) is 4.10. The molecule has 0 radical (unpaired) electrons. The van der Waals surface area contributed by atoms with Gasteiger partial charge >= 0.3 is 0 Å². The Morgan fingerprint density at radius 1 is 1.19 bits per heavy atom. The van der Waals surface area contributed by atoms with Crippen molar-refractivity contribution >= 4 is 5.69 Å². The van der Waals surface area contributed by atoms with Crippen LogP contribution in [0, 0.1) is 26.2 Å². The normalized spacial score (nSPS) is 17.2. The van der Waals surface area contributed by atoms with Crippen LogP contribution in [0.15, 0.2) is 12.1 Å². The van der Waals surface area contributed by atoms with Crippen molar-refractivity contribution in [3.63, 3.8) is 0 Å². The van der Waals surface area contributed by atoms with Gasteiger partial charge in [-0.25, -0.2) is 0 Å². The Morgan fingerprint density at radius 2 is 1.88 bits per heavy atom. The molecular formula is C14H22N2. The van der Waals surface area contributed by atoms with E-state index >= 15 is 0 Å². The van der Waals surface area contributed by atoms with Crippen LogP contribution >= 0.6 is 0 Å². The van der Waals surface area contributed by atoms with E-state index in [4.69, 9.17) is 5.73 Å². The van der Waals surface area contributed by atoms with Crippen molar-refractivity contribution in [2.24, 2.45) is 11.1 Å². The van der Waals surface area contributed by atoms with E-state index in [0.717, 1.165) is 13.1 Å². The third kappa shape index (κ3) is 2.07. The van der Waals surface area contributed by atoms with Gasteiger partial charge in [-0.2, -0.15) is 0 Å². The Bertz CT molecular complexity index is 392. The standard InChI is InChI=1S/C14H22N2/c1-10-4-5-13(12(3)11(10)2)16-9-14(8-15)6-7-14/h4-5,16H,6-9,15H2,1-3H3. The van der Waals surface area contributed by atoms with Crippen LogP contribution in [0.25, 0.3) is 0 Å². The van der Waals surface area contributed by atoms with Crippen molar-refractivity contribution in [1.82, 2.24) is 0 Å². The number of nitrogens with one attached hydrogen (secondary N) is 1. The largest absolute Gasteiger partial charge is 0.384 e. The Morgan fingerprint density at radius 3 is 2.44 bits per heavy atom. The summed E-state index contributed by atoms with van der Waals surface area (Å²) >= 11 is 0. The summed E-state index contributed by atoms with van der Waals surface area (Å²) in [6.07, 6.45) is 2.56. The van der Waals surface area contributed by atoms with Gasteiger partial charge in [-0.1, -0.05) is 6.07 Å². The fraction of sp³-hybridized carbons (Fsp3) is 0.571. The van der Waals surface area contributed by atoms with Gasteiger partial charge < -0.3 is 11.1 Å². The molecule has 0 aromatic heterocycles. The molecule has 0 unspecified atom stereocenters. The average Bonchev–Trinajstić information content (AvgIpc) is 3.06. The van der Waals surface area contributed by atoms with E-state index in [1.807, 2.05) is 0 Å². The van der Waals surface area contributed by atoms with E-state index in [9.17, 15) is 0 Å². The minimum absolute atomic E-state index is 0.394. The van der Waals surface area contributed by atoms with E-state index in [0.29, 0.717) is 5.41 Å². The first kappa shape index (κ1) is 11.5. The number of hydrogen-bond donors (Lipinski definition) is 2. The summed E-state index contributed by atoms with van der Waals surface area (Å²) in [6, 6.07) is 4.37. The van der Waals surface area contributed by atoms with E-state index in [2.05, 4.69) is 38.2 Å². The average molecular weight is 218 g/mol. The van der Waals surface area contributed by atoms with Crippen molar-refractivity contribution in [3.8, 4) is 0 Å². The highest BCUT2D eigenvalue weighted by Crippen LogP contribution is 2.44. The van der Waals surface area contributed by atoms with Crippen molar-refractivity contribution in [3.05, 3.63) is 28.8 Å². The Balaban J connectivity index is 2.07. The fourth-order valence-electron chi connectivity index (χ4n) is 2.06. The van der Waals surface area contributed by atoms with E-state index in [-0.39, 0.29) is 0 Å². The van der Waals surface area contributed by atoms with Gasteiger partial charge in [0.05, 0.1) is 0 Å². The highest BCUT2D eigenvalue weighted by Gasteiger charge is 2.40. The van der Waals surface area contributed by atoms with Crippen molar-refractivity contribution in [2.45, 2.75) is 33.6 Å². The molecule has 0 saturated heterocycles. The smallest absolute Gasteiger partial charge is 0.0372 e. The number of rotatable bonds is 4. The molecule has 0 heterocycles. The van der Waals surface area contributed by atoms with Crippen molar-refractivity contribution in [1.29, 1.82) is 0 Å². The number of hydrogen-bond acceptors (Lipinski definition) is 2. The van der Waals surface area contributed by atoms with Crippen LogP contribution in [-0.4, -0.2) is 13.1 Å². The Kier molecular flexibility index (Phi) is 2.94. The molecule has 16 heavy (non-hydrogen) atoms. The van der Waals surface area contributed by atoms with E-state index in [1.54, 1.807) is 0 Å². The van der Waals surface area contributed by atoms with Gasteiger partial charge in [0, 0.05) is 12.2 Å². The Labute approximate surface area is 98.2 Å². The molecule has 1 aromatic carbocycles. The van der Waals surface area contributed by atoms with E-state index in [1.165, 1.54) is 35.2 Å². The predicted octanol–water partition coefficient (Wildman–Crippen LogP) is 2.76. The number of anilines is 1. The number of benzene rings is 1. The maximum absolute atomic E-state index is 5.79. The molecule has 0 bridgehead atoms. The van der Waals surface area contributed by atoms with Gasteiger partial charge in [-0.3, -0.25) is 0 Å². The predicted molar refractivity (Wildman–Crippen MR) is 69.9 cm³/mol. The summed E-state index contributed by atoms with van der Waals surface area (Å²) < 4.78 is 0. The summed E-state index contributed by atoms with van der Waals surface area (Å²) in [5.74, 6) is 0. The molecule has 1 aliphatic rings. The van der Waals surface area contributed by atoms with Crippen LogP contribution in [0.2, 0.25) is 0 Å². The quantitative estimate of drug-likeness (QED) is 0.815. The zero-order chi connectivity index (χ0) is 11.8. The molecule has 3 N–H and O–H groups in total. The summed E-state index contributed by atoms with van der Waals surface area (Å²) in [5.41, 5.74) is 11.6. The summed E-state index contributed by atoms with van der Waals surface area (Å²) in [5, 5.41) is 3.55. The van der Waals surface area contributed by atoms with Gasteiger partial charge in [-0.15, -0.1) is 0 Å². The van der Waals surface area contributed by atoms with Crippen molar-refractivity contribution in [2.75, 3.05) is 18.4 Å². The van der Waals surface area contributed by atoms with Gasteiger partial charge in [0.25, 0.3) is 0 Å². The van der Waals surface area contributed by atoms with Gasteiger partial charge in [-0.05, 0) is 68.3 Å². The molecule has 2 rings (SSSR count). The summed E-state index contributed by atoms with van der Waals surface area (Å²) in [4.78, 5) is 0. The molecule has 0 aliphatic heterocycles. The third-order valence-electron chi connectivity index (χ3n) is 4.10. The Hall–Kier alpha value is -1.02. The molecular weight excluding hydrogens is 196 g/mol. The lowest BCUT2D eigenvalue weighted by Crippen LogP contribution is -2.24. The second-order valence-electron chi connectivity index (χ2n) is 5.24. The van der Waals surface area contributed by atoms with Crippen LogP contribution < -0.4 is 11.1 Å². The first-order valence-electron chi connectivity index (χ1n) is 6.09. The molecule has 0 atom stereocenters. The summed E-state index contributed by atoms with van der Waals surface area (Å²) in [7, 11) is 0. The zero-order valence-electron chi connectivity index (χ0n) is 10.6. The van der Waals surface area contributed by atoms with Crippen LogP contribution in [0.3, 0.4) is 0 Å². The highest BCUT2D eigenvalue weighted by molar-refractivity contribution is 5.56. The first-order valence-corrected chi connectivity index (χ1v) is 6.09. The van der Waals surface area contributed by atoms with Crippen molar-refractivity contribution < 1.29 is 0 Å². The minimum Gasteiger partial charge on any atom is -0.384 e. The lowest BCUT2D eigenvalue weighted by molar-refractivity contribution is 0.555. The molecule has 2 heteroatoms. The first-order chi connectivity index (χ1) is 7.58. The van der Waals surface area contributed by atoms with Crippen LogP contribution in [-0.2, 0) is 0 Å². The van der Waals surface area contributed by atoms with E-state index < -0.39 is 0 Å². The zero-order valence-corrected chi connectivity index (χ0v) is 10.6. The number of nitrogens with two attached hydrogens (primary N) is 1. The number of aryl methyl sites for hydroxylation is 1. The fourth-order valence-corrected chi connectivity index (χ4v) is 2.06. The molecule has 1 saturated carbocycles. The lowest BCUT2D eigenvalue weighted by atomic mass is 10.0. The van der Waals surface area contributed by atoms with Crippen LogP contribution in [0.5, 0.6) is 0 Å². The van der Waals surface area contributed by atoms with Gasteiger partial charge in [0.1, 0.15) is 0 Å². The minimum atomic E-state index is 0.394. The second-order valence-corrected chi connectivity index (χ2v) is 5.24. The van der Waals surface area contributed by atoms with Gasteiger partial charge in [0.2, 0.25) is 0 Å². The maximum atomic E-state index is 5.79. The molecule has 2 nitrogen and oxygen atoms in total. The molecule has 1 aromatic rings. The molecule has 1 aliphatic carbocycles.